The van der Waals surface area contributed by atoms with E-state index in [0.717, 1.165) is 51.9 Å². The van der Waals surface area contributed by atoms with Crippen LogP contribution in [0.5, 0.6) is 0 Å². The summed E-state index contributed by atoms with van der Waals surface area (Å²) in [6.45, 7) is 3.37. The SMILES string of the molecule is NCC(=O)N1CCC(NC2CCN(C(=O)CN)CC2)CC1. The van der Waals surface area contributed by atoms with Gasteiger partial charge in [0.25, 0.3) is 0 Å². The Morgan fingerprint density at radius 3 is 1.43 bits per heavy atom. The molecule has 120 valence electrons. The first-order valence-corrected chi connectivity index (χ1v) is 7.85. The molecule has 0 saturated carbocycles. The molecule has 0 atom stereocenters. The van der Waals surface area contributed by atoms with E-state index in [0.29, 0.717) is 12.1 Å². The van der Waals surface area contributed by atoms with Gasteiger partial charge in [0.1, 0.15) is 0 Å². The number of rotatable bonds is 4. The minimum absolute atomic E-state index is 0.0436. The number of carbonyl (C=O) groups excluding carboxylic acids is 2. The van der Waals surface area contributed by atoms with Crippen LogP contribution in [0.25, 0.3) is 0 Å². The van der Waals surface area contributed by atoms with Crippen LogP contribution >= 0.6 is 0 Å². The summed E-state index contributed by atoms with van der Waals surface area (Å²) in [6.07, 6.45) is 3.92. The van der Waals surface area contributed by atoms with Crippen LogP contribution in [0.15, 0.2) is 0 Å². The van der Waals surface area contributed by atoms with Crippen molar-refractivity contribution in [3.63, 3.8) is 0 Å². The summed E-state index contributed by atoms with van der Waals surface area (Å²) in [6, 6.07) is 0.933. The van der Waals surface area contributed by atoms with Crippen molar-refractivity contribution in [3.05, 3.63) is 0 Å². The number of likely N-dealkylation sites (tertiary alicyclic amines) is 2. The number of amides is 2. The summed E-state index contributed by atoms with van der Waals surface area (Å²) in [5, 5.41) is 3.67. The minimum Gasteiger partial charge on any atom is -0.341 e. The molecule has 2 aliphatic rings. The van der Waals surface area contributed by atoms with Crippen LogP contribution in [-0.4, -0.2) is 73.0 Å². The van der Waals surface area contributed by atoms with Crippen LogP contribution in [0.4, 0.5) is 0 Å². The molecule has 21 heavy (non-hydrogen) atoms. The van der Waals surface area contributed by atoms with Gasteiger partial charge in [0.05, 0.1) is 13.1 Å². The van der Waals surface area contributed by atoms with Crippen LogP contribution < -0.4 is 16.8 Å². The molecule has 0 aromatic rings. The topological polar surface area (TPSA) is 105 Å². The van der Waals surface area contributed by atoms with Crippen LogP contribution in [0, 0.1) is 0 Å². The van der Waals surface area contributed by atoms with Crippen molar-refractivity contribution in [3.8, 4) is 0 Å². The molecule has 7 heteroatoms. The van der Waals surface area contributed by atoms with E-state index in [-0.39, 0.29) is 24.9 Å². The summed E-state index contributed by atoms with van der Waals surface area (Å²) in [5.74, 6) is 0.0871. The number of hydrogen-bond donors (Lipinski definition) is 3. The lowest BCUT2D eigenvalue weighted by Crippen LogP contribution is -2.52. The molecule has 2 heterocycles. The highest BCUT2D eigenvalue weighted by Crippen LogP contribution is 2.15. The molecule has 0 aromatic carbocycles. The second-order valence-corrected chi connectivity index (χ2v) is 5.89. The molecule has 0 radical (unpaired) electrons. The molecular formula is C14H27N5O2. The standard InChI is InChI=1S/C14H27N5O2/c15-9-13(20)18-5-1-11(2-6-18)17-12-3-7-19(8-4-12)14(21)10-16/h11-12,17H,1-10,15-16H2. The molecule has 2 aliphatic heterocycles. The molecule has 0 spiro atoms. The van der Waals surface area contributed by atoms with Gasteiger partial charge in [0.2, 0.25) is 11.8 Å². The third-order valence-corrected chi connectivity index (χ3v) is 4.52. The van der Waals surface area contributed by atoms with Crippen molar-refractivity contribution in [1.82, 2.24) is 15.1 Å². The average molecular weight is 297 g/mol. The molecular weight excluding hydrogens is 270 g/mol. The van der Waals surface area contributed by atoms with Gasteiger partial charge in [-0.25, -0.2) is 0 Å². The van der Waals surface area contributed by atoms with Gasteiger partial charge in [0.15, 0.2) is 0 Å². The van der Waals surface area contributed by atoms with E-state index in [1.54, 1.807) is 0 Å². The second kappa shape index (κ2) is 7.72. The van der Waals surface area contributed by atoms with E-state index in [1.165, 1.54) is 0 Å². The number of nitrogens with one attached hydrogen (secondary N) is 1. The van der Waals surface area contributed by atoms with Gasteiger partial charge < -0.3 is 26.6 Å². The Balaban J connectivity index is 1.68. The fourth-order valence-corrected chi connectivity index (χ4v) is 3.18. The Kier molecular flexibility index (Phi) is 5.96. The highest BCUT2D eigenvalue weighted by atomic mass is 16.2. The maximum absolute atomic E-state index is 11.5. The van der Waals surface area contributed by atoms with Gasteiger partial charge >= 0.3 is 0 Å². The Morgan fingerprint density at radius 2 is 1.14 bits per heavy atom. The quantitative estimate of drug-likeness (QED) is 0.584. The molecule has 0 unspecified atom stereocenters. The summed E-state index contributed by atoms with van der Waals surface area (Å²) in [7, 11) is 0. The molecule has 2 fully saturated rings. The summed E-state index contributed by atoms with van der Waals surface area (Å²) in [4.78, 5) is 26.7. The monoisotopic (exact) mass is 297 g/mol. The highest BCUT2D eigenvalue weighted by Gasteiger charge is 2.26. The van der Waals surface area contributed by atoms with E-state index in [1.807, 2.05) is 9.80 Å². The highest BCUT2D eigenvalue weighted by molar-refractivity contribution is 5.78. The lowest BCUT2D eigenvalue weighted by Gasteiger charge is -2.37. The van der Waals surface area contributed by atoms with Gasteiger partial charge in [-0.3, -0.25) is 9.59 Å². The summed E-state index contributed by atoms with van der Waals surface area (Å²) < 4.78 is 0. The van der Waals surface area contributed by atoms with Gasteiger partial charge in [-0.15, -0.1) is 0 Å². The minimum atomic E-state index is 0.0436. The lowest BCUT2D eigenvalue weighted by molar-refractivity contribution is -0.131. The smallest absolute Gasteiger partial charge is 0.236 e. The third-order valence-electron chi connectivity index (χ3n) is 4.52. The zero-order valence-corrected chi connectivity index (χ0v) is 12.6. The first-order valence-electron chi connectivity index (χ1n) is 7.85. The largest absolute Gasteiger partial charge is 0.341 e. The van der Waals surface area contributed by atoms with Gasteiger partial charge in [-0.2, -0.15) is 0 Å². The molecule has 2 saturated heterocycles. The number of carbonyl (C=O) groups is 2. The molecule has 0 aromatic heterocycles. The Hall–Kier alpha value is -1.18. The lowest BCUT2D eigenvalue weighted by atomic mass is 9.99. The zero-order chi connectivity index (χ0) is 15.2. The third kappa shape index (κ3) is 4.39. The Labute approximate surface area is 126 Å². The first kappa shape index (κ1) is 16.2. The Bertz CT molecular complexity index is 326. The van der Waals surface area contributed by atoms with Crippen LogP contribution in [0.1, 0.15) is 25.7 Å². The van der Waals surface area contributed by atoms with E-state index >= 15 is 0 Å². The number of hydrogen-bond acceptors (Lipinski definition) is 5. The van der Waals surface area contributed by atoms with E-state index in [4.69, 9.17) is 11.5 Å². The van der Waals surface area contributed by atoms with Crippen LogP contribution in [0.3, 0.4) is 0 Å². The van der Waals surface area contributed by atoms with Crippen molar-refractivity contribution in [2.24, 2.45) is 11.5 Å². The molecule has 2 rings (SSSR count). The second-order valence-electron chi connectivity index (χ2n) is 5.89. The summed E-state index contributed by atoms with van der Waals surface area (Å²) in [5.41, 5.74) is 10.8. The zero-order valence-electron chi connectivity index (χ0n) is 12.6. The van der Waals surface area contributed by atoms with Gasteiger partial charge in [0, 0.05) is 38.3 Å². The Morgan fingerprint density at radius 1 is 0.810 bits per heavy atom. The predicted octanol–water partition coefficient (Wildman–Crippen LogP) is -1.52. The molecule has 0 bridgehead atoms. The van der Waals surface area contributed by atoms with E-state index in [2.05, 4.69) is 5.32 Å². The maximum Gasteiger partial charge on any atom is 0.236 e. The summed E-state index contributed by atoms with van der Waals surface area (Å²) >= 11 is 0. The first-order chi connectivity index (χ1) is 10.1. The molecule has 2 amide bonds. The van der Waals surface area contributed by atoms with E-state index < -0.39 is 0 Å². The fraction of sp³-hybridized carbons (Fsp3) is 0.857. The van der Waals surface area contributed by atoms with Gasteiger partial charge in [-0.1, -0.05) is 0 Å². The van der Waals surface area contributed by atoms with Crippen molar-refractivity contribution in [2.75, 3.05) is 39.3 Å². The van der Waals surface area contributed by atoms with Crippen molar-refractivity contribution in [1.29, 1.82) is 0 Å². The molecule has 7 nitrogen and oxygen atoms in total. The van der Waals surface area contributed by atoms with Gasteiger partial charge in [-0.05, 0) is 25.7 Å². The van der Waals surface area contributed by atoms with Crippen LogP contribution in [0.2, 0.25) is 0 Å². The number of nitrogens with zero attached hydrogens (tertiary/aromatic N) is 2. The number of piperidine rings is 2. The molecule has 0 aliphatic carbocycles. The van der Waals surface area contributed by atoms with Crippen molar-refractivity contribution < 1.29 is 9.59 Å². The molecule has 5 N–H and O–H groups in total. The fourth-order valence-electron chi connectivity index (χ4n) is 3.18. The predicted molar refractivity (Wildman–Crippen MR) is 80.4 cm³/mol. The maximum atomic E-state index is 11.5. The normalized spacial score (nSPS) is 21.6. The van der Waals surface area contributed by atoms with E-state index in [9.17, 15) is 9.59 Å². The van der Waals surface area contributed by atoms with Crippen LogP contribution in [-0.2, 0) is 9.59 Å². The van der Waals surface area contributed by atoms with Crippen molar-refractivity contribution in [2.45, 2.75) is 37.8 Å². The van der Waals surface area contributed by atoms with Crippen molar-refractivity contribution >= 4 is 11.8 Å². The average Bonchev–Trinajstić information content (AvgIpc) is 2.55. The number of nitrogens with two attached hydrogens (primary N) is 2.